The standard InChI is InChI=1S/C15H29NO6/c1-14(2,3)22-13(18)16(10-8-12(17)19-6)15(4,5)9-11-21-20-7/h8-11H2,1-7H3. The Morgan fingerprint density at radius 1 is 1.05 bits per heavy atom. The molecular weight excluding hydrogens is 290 g/mol. The number of nitrogens with zero attached hydrogens (tertiary/aromatic N) is 1. The van der Waals surface area contributed by atoms with Crippen molar-refractivity contribution in [1.82, 2.24) is 4.90 Å². The minimum Gasteiger partial charge on any atom is -0.469 e. The summed E-state index contributed by atoms with van der Waals surface area (Å²) in [5.74, 6) is -0.377. The Morgan fingerprint density at radius 3 is 2.09 bits per heavy atom. The van der Waals surface area contributed by atoms with E-state index in [1.54, 1.807) is 20.8 Å². The lowest BCUT2D eigenvalue weighted by atomic mass is 9.98. The Morgan fingerprint density at radius 2 is 1.64 bits per heavy atom. The third-order valence-corrected chi connectivity index (χ3v) is 3.03. The minimum absolute atomic E-state index is 0.101. The van der Waals surface area contributed by atoms with Crippen LogP contribution in [0.15, 0.2) is 0 Å². The quantitative estimate of drug-likeness (QED) is 0.296. The molecule has 7 nitrogen and oxygen atoms in total. The largest absolute Gasteiger partial charge is 0.469 e. The molecule has 0 N–H and O–H groups in total. The smallest absolute Gasteiger partial charge is 0.410 e. The molecule has 0 spiro atoms. The summed E-state index contributed by atoms with van der Waals surface area (Å²) in [5, 5.41) is 0. The number of carbonyl (C=O) groups is 2. The maximum Gasteiger partial charge on any atom is 0.410 e. The molecule has 0 unspecified atom stereocenters. The summed E-state index contributed by atoms with van der Waals surface area (Å²) in [7, 11) is 2.74. The molecule has 0 saturated carbocycles. The third-order valence-electron chi connectivity index (χ3n) is 3.03. The number of methoxy groups -OCH3 is 1. The Labute approximate surface area is 132 Å². The van der Waals surface area contributed by atoms with Gasteiger partial charge in [-0.25, -0.2) is 14.6 Å². The zero-order valence-electron chi connectivity index (χ0n) is 14.7. The van der Waals surface area contributed by atoms with Crippen molar-refractivity contribution in [2.24, 2.45) is 0 Å². The highest BCUT2D eigenvalue weighted by Gasteiger charge is 2.34. The van der Waals surface area contributed by atoms with E-state index in [4.69, 9.17) is 9.62 Å². The summed E-state index contributed by atoms with van der Waals surface area (Å²) >= 11 is 0. The highest BCUT2D eigenvalue weighted by atomic mass is 17.2. The zero-order chi connectivity index (χ0) is 17.4. The minimum atomic E-state index is -0.611. The highest BCUT2D eigenvalue weighted by Crippen LogP contribution is 2.23. The summed E-state index contributed by atoms with van der Waals surface area (Å²) in [6.07, 6.45) is 0.157. The van der Waals surface area contributed by atoms with Gasteiger partial charge in [0.05, 0.1) is 27.2 Å². The van der Waals surface area contributed by atoms with E-state index in [1.165, 1.54) is 19.1 Å². The average Bonchev–Trinajstić information content (AvgIpc) is 2.36. The van der Waals surface area contributed by atoms with Crippen molar-refractivity contribution in [2.75, 3.05) is 27.4 Å². The second kappa shape index (κ2) is 8.95. The SMILES string of the molecule is COOCCC(C)(C)N(CCC(=O)OC)C(=O)OC(C)(C)C. The number of esters is 1. The highest BCUT2D eigenvalue weighted by molar-refractivity contribution is 5.72. The summed E-state index contributed by atoms with van der Waals surface area (Å²) in [5.41, 5.74) is -1.17. The molecule has 0 radical (unpaired) electrons. The molecule has 0 atom stereocenters. The van der Waals surface area contributed by atoms with Gasteiger partial charge in [0, 0.05) is 12.1 Å². The van der Waals surface area contributed by atoms with Crippen molar-refractivity contribution in [2.45, 2.75) is 58.6 Å². The number of ether oxygens (including phenoxy) is 2. The molecule has 0 saturated heterocycles. The van der Waals surface area contributed by atoms with Gasteiger partial charge in [-0.2, -0.15) is 0 Å². The Kier molecular flexibility index (Phi) is 8.40. The first-order chi connectivity index (χ1) is 10.0. The second-order valence-corrected chi connectivity index (χ2v) is 6.51. The number of hydrogen-bond acceptors (Lipinski definition) is 6. The summed E-state index contributed by atoms with van der Waals surface area (Å²) in [4.78, 5) is 34.7. The van der Waals surface area contributed by atoms with Crippen LogP contribution in [0, 0.1) is 0 Å². The third kappa shape index (κ3) is 8.19. The first-order valence-corrected chi connectivity index (χ1v) is 7.26. The molecule has 130 valence electrons. The van der Waals surface area contributed by atoms with Crippen LogP contribution in [0.4, 0.5) is 4.79 Å². The molecule has 0 aromatic heterocycles. The van der Waals surface area contributed by atoms with Crippen molar-refractivity contribution in [3.63, 3.8) is 0 Å². The van der Waals surface area contributed by atoms with Crippen molar-refractivity contribution in [1.29, 1.82) is 0 Å². The van der Waals surface area contributed by atoms with Crippen LogP contribution in [0.25, 0.3) is 0 Å². The van der Waals surface area contributed by atoms with Crippen molar-refractivity contribution >= 4 is 12.1 Å². The second-order valence-electron chi connectivity index (χ2n) is 6.51. The first-order valence-electron chi connectivity index (χ1n) is 7.26. The zero-order valence-corrected chi connectivity index (χ0v) is 14.7. The van der Waals surface area contributed by atoms with Crippen LogP contribution in [0.1, 0.15) is 47.5 Å². The van der Waals surface area contributed by atoms with E-state index in [-0.39, 0.29) is 18.9 Å². The average molecular weight is 319 g/mol. The molecule has 7 heteroatoms. The van der Waals surface area contributed by atoms with Gasteiger partial charge in [-0.3, -0.25) is 4.79 Å². The Bertz CT molecular complexity index is 362. The maximum absolute atomic E-state index is 12.4. The number of carbonyl (C=O) groups excluding carboxylic acids is 2. The van der Waals surface area contributed by atoms with Crippen LogP contribution in [0.2, 0.25) is 0 Å². The van der Waals surface area contributed by atoms with E-state index in [0.29, 0.717) is 13.0 Å². The van der Waals surface area contributed by atoms with E-state index in [9.17, 15) is 9.59 Å². The molecule has 0 bridgehead atoms. The molecule has 0 aliphatic heterocycles. The van der Waals surface area contributed by atoms with Crippen LogP contribution < -0.4 is 0 Å². The molecule has 0 fully saturated rings. The molecule has 0 aliphatic rings. The normalized spacial score (nSPS) is 12.0. The monoisotopic (exact) mass is 319 g/mol. The fourth-order valence-corrected chi connectivity index (χ4v) is 1.77. The summed E-state index contributed by atoms with van der Waals surface area (Å²) < 4.78 is 10.1. The predicted molar refractivity (Wildman–Crippen MR) is 81.2 cm³/mol. The molecule has 0 aromatic carbocycles. The van der Waals surface area contributed by atoms with Gasteiger partial charge in [0.15, 0.2) is 0 Å². The van der Waals surface area contributed by atoms with E-state index in [2.05, 4.69) is 9.62 Å². The van der Waals surface area contributed by atoms with Crippen LogP contribution in [0.5, 0.6) is 0 Å². The maximum atomic E-state index is 12.4. The molecule has 0 heterocycles. The van der Waals surface area contributed by atoms with Crippen LogP contribution in [-0.2, 0) is 24.0 Å². The summed E-state index contributed by atoms with van der Waals surface area (Å²) in [6, 6.07) is 0. The van der Waals surface area contributed by atoms with Gasteiger partial charge < -0.3 is 14.4 Å². The summed E-state index contributed by atoms with van der Waals surface area (Å²) in [6.45, 7) is 9.68. The molecule has 0 aromatic rings. The van der Waals surface area contributed by atoms with Crippen molar-refractivity contribution in [3.8, 4) is 0 Å². The molecule has 22 heavy (non-hydrogen) atoms. The fraction of sp³-hybridized carbons (Fsp3) is 0.867. The molecular formula is C15H29NO6. The van der Waals surface area contributed by atoms with Crippen LogP contribution in [-0.4, -0.2) is 55.5 Å². The van der Waals surface area contributed by atoms with Gasteiger partial charge in [0.2, 0.25) is 0 Å². The van der Waals surface area contributed by atoms with Gasteiger partial charge in [-0.15, -0.1) is 0 Å². The molecule has 0 rings (SSSR count). The lowest BCUT2D eigenvalue weighted by Crippen LogP contribution is -2.51. The molecule has 0 aliphatic carbocycles. The lowest BCUT2D eigenvalue weighted by Gasteiger charge is -2.39. The number of amides is 1. The lowest BCUT2D eigenvalue weighted by molar-refractivity contribution is -0.275. The van der Waals surface area contributed by atoms with E-state index in [0.717, 1.165) is 0 Å². The van der Waals surface area contributed by atoms with E-state index in [1.807, 2.05) is 13.8 Å². The Balaban J connectivity index is 4.96. The van der Waals surface area contributed by atoms with Crippen LogP contribution >= 0.6 is 0 Å². The van der Waals surface area contributed by atoms with Crippen molar-refractivity contribution < 1.29 is 28.8 Å². The van der Waals surface area contributed by atoms with E-state index < -0.39 is 17.2 Å². The van der Waals surface area contributed by atoms with Crippen LogP contribution in [0.3, 0.4) is 0 Å². The number of rotatable bonds is 8. The van der Waals surface area contributed by atoms with Gasteiger partial charge >= 0.3 is 12.1 Å². The van der Waals surface area contributed by atoms with Gasteiger partial charge in [-0.05, 0) is 41.0 Å². The fourth-order valence-electron chi connectivity index (χ4n) is 1.77. The molecule has 1 amide bonds. The van der Waals surface area contributed by atoms with Gasteiger partial charge in [-0.1, -0.05) is 0 Å². The Hall–Kier alpha value is -1.34. The topological polar surface area (TPSA) is 74.3 Å². The number of hydrogen-bond donors (Lipinski definition) is 0. The van der Waals surface area contributed by atoms with Gasteiger partial charge in [0.25, 0.3) is 0 Å². The van der Waals surface area contributed by atoms with Crippen molar-refractivity contribution in [3.05, 3.63) is 0 Å². The predicted octanol–water partition coefficient (Wildman–Crippen LogP) is 2.53. The first kappa shape index (κ1) is 20.7. The van der Waals surface area contributed by atoms with E-state index >= 15 is 0 Å². The van der Waals surface area contributed by atoms with Gasteiger partial charge in [0.1, 0.15) is 5.60 Å².